The Morgan fingerprint density at radius 3 is 2.28 bits per heavy atom. The number of primary sulfonamides is 1. The molecule has 0 aliphatic carbocycles. The van der Waals surface area contributed by atoms with Gasteiger partial charge in [0, 0.05) is 36.3 Å². The zero-order valence-electron chi connectivity index (χ0n) is 16.4. The zero-order valence-corrected chi connectivity index (χ0v) is 18.8. The third-order valence-corrected chi connectivity index (χ3v) is 6.74. The van der Waals surface area contributed by atoms with Crippen molar-refractivity contribution < 1.29 is 13.2 Å². The lowest BCUT2D eigenvalue weighted by molar-refractivity contribution is -0.120. The van der Waals surface area contributed by atoms with Gasteiger partial charge in [0.05, 0.1) is 16.6 Å². The molecule has 1 atom stereocenters. The number of carbonyl (C=O) groups excluding carboxylic acids is 1. The second-order valence-electron chi connectivity index (χ2n) is 7.21. The van der Waals surface area contributed by atoms with E-state index in [9.17, 15) is 13.2 Å². The Balaban J connectivity index is 1.57. The van der Waals surface area contributed by atoms with Crippen LogP contribution < -0.4 is 15.4 Å². The van der Waals surface area contributed by atoms with Crippen molar-refractivity contribution in [2.24, 2.45) is 5.14 Å². The molecule has 3 N–H and O–H groups in total. The van der Waals surface area contributed by atoms with Crippen molar-refractivity contribution in [2.45, 2.75) is 24.8 Å². The summed E-state index contributed by atoms with van der Waals surface area (Å²) >= 11 is 3.49. The van der Waals surface area contributed by atoms with Crippen molar-refractivity contribution >= 4 is 43.2 Å². The molecule has 1 fully saturated rings. The van der Waals surface area contributed by atoms with Crippen molar-refractivity contribution in [3.05, 3.63) is 52.5 Å². The smallest absolute Gasteiger partial charge is 0.241 e. The number of nitrogens with one attached hydrogen (secondary N) is 1. The third kappa shape index (κ3) is 5.36. The van der Waals surface area contributed by atoms with Crippen LogP contribution in [0.2, 0.25) is 0 Å². The molecule has 1 saturated heterocycles. The molecule has 2 aromatic carbocycles. The van der Waals surface area contributed by atoms with E-state index < -0.39 is 10.0 Å². The second kappa shape index (κ2) is 8.83. The number of aryl methyl sites for hydroxylation is 1. The van der Waals surface area contributed by atoms with Crippen LogP contribution in [0.4, 0.5) is 11.4 Å². The van der Waals surface area contributed by atoms with Crippen molar-refractivity contribution in [2.75, 3.05) is 36.4 Å². The van der Waals surface area contributed by atoms with E-state index in [1.165, 1.54) is 12.1 Å². The van der Waals surface area contributed by atoms with Crippen LogP contribution in [0.5, 0.6) is 0 Å². The van der Waals surface area contributed by atoms with Gasteiger partial charge in [-0.15, -0.1) is 0 Å². The van der Waals surface area contributed by atoms with Gasteiger partial charge in [-0.1, -0.05) is 6.07 Å². The van der Waals surface area contributed by atoms with Gasteiger partial charge < -0.3 is 10.2 Å². The first kappa shape index (κ1) is 21.8. The summed E-state index contributed by atoms with van der Waals surface area (Å²) in [6, 6.07) is 12.1. The number of carbonyl (C=O) groups is 1. The number of anilines is 2. The van der Waals surface area contributed by atoms with E-state index in [0.717, 1.165) is 47.6 Å². The van der Waals surface area contributed by atoms with Gasteiger partial charge >= 0.3 is 0 Å². The summed E-state index contributed by atoms with van der Waals surface area (Å²) in [5.41, 5.74) is 2.83. The molecular formula is C20H25BrN4O3S. The van der Waals surface area contributed by atoms with Gasteiger partial charge in [-0.05, 0) is 71.7 Å². The Labute approximate surface area is 180 Å². The number of hydrogen-bond donors (Lipinski definition) is 2. The van der Waals surface area contributed by atoms with Crippen LogP contribution >= 0.6 is 15.9 Å². The lowest BCUT2D eigenvalue weighted by Gasteiger charge is -2.38. The van der Waals surface area contributed by atoms with E-state index >= 15 is 0 Å². The molecule has 1 heterocycles. The van der Waals surface area contributed by atoms with Gasteiger partial charge in [-0.2, -0.15) is 0 Å². The molecule has 1 amide bonds. The fraction of sp³-hybridized carbons (Fsp3) is 0.350. The minimum absolute atomic E-state index is 0.0412. The van der Waals surface area contributed by atoms with Crippen molar-refractivity contribution in [1.29, 1.82) is 0 Å². The van der Waals surface area contributed by atoms with Gasteiger partial charge in [0.2, 0.25) is 15.9 Å². The largest absolute Gasteiger partial charge is 0.369 e. The maximum atomic E-state index is 12.7. The van der Waals surface area contributed by atoms with E-state index in [0.29, 0.717) is 0 Å². The molecule has 9 heteroatoms. The Bertz CT molecular complexity index is 987. The minimum Gasteiger partial charge on any atom is -0.369 e. The summed E-state index contributed by atoms with van der Waals surface area (Å²) in [5, 5.41) is 8.14. The maximum Gasteiger partial charge on any atom is 0.241 e. The average molecular weight is 481 g/mol. The van der Waals surface area contributed by atoms with E-state index in [4.69, 9.17) is 5.14 Å². The third-order valence-electron chi connectivity index (χ3n) is 5.15. The number of nitrogens with zero attached hydrogens (tertiary/aromatic N) is 2. The average Bonchev–Trinajstić information content (AvgIpc) is 2.69. The number of rotatable bonds is 5. The molecule has 3 rings (SSSR count). The predicted octanol–water partition coefficient (Wildman–Crippen LogP) is 2.55. The Hall–Kier alpha value is -1.94. The zero-order chi connectivity index (χ0) is 21.2. The number of piperazine rings is 1. The number of sulfonamides is 1. The molecule has 0 saturated carbocycles. The van der Waals surface area contributed by atoms with E-state index in [1.54, 1.807) is 12.1 Å². The molecule has 2 aromatic rings. The topological polar surface area (TPSA) is 95.7 Å². The van der Waals surface area contributed by atoms with Crippen LogP contribution in [0.15, 0.2) is 51.8 Å². The highest BCUT2D eigenvalue weighted by atomic mass is 79.9. The lowest BCUT2D eigenvalue weighted by Crippen LogP contribution is -2.52. The van der Waals surface area contributed by atoms with E-state index in [1.807, 2.05) is 32.0 Å². The summed E-state index contributed by atoms with van der Waals surface area (Å²) in [4.78, 5) is 17.1. The monoisotopic (exact) mass is 480 g/mol. The predicted molar refractivity (Wildman–Crippen MR) is 119 cm³/mol. The molecule has 0 spiro atoms. The molecule has 0 radical (unpaired) electrons. The van der Waals surface area contributed by atoms with Crippen LogP contribution in [-0.4, -0.2) is 51.4 Å². The summed E-state index contributed by atoms with van der Waals surface area (Å²) in [7, 11) is -3.69. The quantitative estimate of drug-likeness (QED) is 0.685. The summed E-state index contributed by atoms with van der Waals surface area (Å²) in [5.74, 6) is -0.0412. The molecule has 1 unspecified atom stereocenters. The molecule has 7 nitrogen and oxygen atoms in total. The molecule has 156 valence electrons. The molecule has 1 aliphatic rings. The van der Waals surface area contributed by atoms with Crippen molar-refractivity contribution in [3.8, 4) is 0 Å². The molecule has 29 heavy (non-hydrogen) atoms. The number of halogens is 1. The number of amides is 1. The normalized spacial score (nSPS) is 16.5. The highest BCUT2D eigenvalue weighted by Gasteiger charge is 2.26. The summed E-state index contributed by atoms with van der Waals surface area (Å²) in [6.07, 6.45) is 0. The number of benzene rings is 2. The molecule has 0 bridgehead atoms. The van der Waals surface area contributed by atoms with Gasteiger partial charge in [0.15, 0.2) is 0 Å². The Morgan fingerprint density at radius 2 is 1.72 bits per heavy atom. The highest BCUT2D eigenvalue weighted by Crippen LogP contribution is 2.24. The first-order chi connectivity index (χ1) is 13.6. The number of hydrogen-bond acceptors (Lipinski definition) is 5. The Kier molecular flexibility index (Phi) is 6.62. The van der Waals surface area contributed by atoms with Gasteiger partial charge in [-0.3, -0.25) is 9.69 Å². The van der Waals surface area contributed by atoms with Gasteiger partial charge in [0.25, 0.3) is 0 Å². The van der Waals surface area contributed by atoms with Crippen LogP contribution in [0.3, 0.4) is 0 Å². The van der Waals surface area contributed by atoms with Crippen molar-refractivity contribution in [3.63, 3.8) is 0 Å². The van der Waals surface area contributed by atoms with Crippen LogP contribution in [-0.2, 0) is 14.8 Å². The van der Waals surface area contributed by atoms with E-state index in [2.05, 4.69) is 31.0 Å². The number of nitrogens with two attached hydrogens (primary N) is 1. The fourth-order valence-electron chi connectivity index (χ4n) is 3.34. The molecule has 1 aliphatic heterocycles. The van der Waals surface area contributed by atoms with Gasteiger partial charge in [-0.25, -0.2) is 13.6 Å². The second-order valence-corrected chi connectivity index (χ2v) is 9.63. The first-order valence-electron chi connectivity index (χ1n) is 9.34. The minimum atomic E-state index is -3.69. The SMILES string of the molecule is Cc1ccc(NC(=O)C(C)N2CCN(c3ccc(S(N)(=O)=O)cc3)CC2)c(Br)c1. The standard InChI is InChI=1S/C20H25BrN4O3S/c1-14-3-8-19(18(21)13-14)23-20(26)15(2)24-9-11-25(12-10-24)16-4-6-17(7-5-16)29(22,27)28/h3-8,13,15H,9-12H2,1-2H3,(H,23,26)(H2,22,27,28). The lowest BCUT2D eigenvalue weighted by atomic mass is 10.2. The van der Waals surface area contributed by atoms with Crippen LogP contribution in [0.1, 0.15) is 12.5 Å². The molecular weight excluding hydrogens is 456 g/mol. The Morgan fingerprint density at radius 1 is 1.10 bits per heavy atom. The van der Waals surface area contributed by atoms with Gasteiger partial charge in [0.1, 0.15) is 0 Å². The maximum absolute atomic E-state index is 12.7. The van der Waals surface area contributed by atoms with E-state index in [-0.39, 0.29) is 16.8 Å². The summed E-state index contributed by atoms with van der Waals surface area (Å²) < 4.78 is 23.6. The van der Waals surface area contributed by atoms with Crippen LogP contribution in [0.25, 0.3) is 0 Å². The summed E-state index contributed by atoms with van der Waals surface area (Å²) in [6.45, 7) is 6.89. The molecule has 0 aromatic heterocycles. The first-order valence-corrected chi connectivity index (χ1v) is 11.7. The fourth-order valence-corrected chi connectivity index (χ4v) is 4.45. The van der Waals surface area contributed by atoms with Crippen LogP contribution in [0, 0.1) is 6.92 Å². The highest BCUT2D eigenvalue weighted by molar-refractivity contribution is 9.10. The van der Waals surface area contributed by atoms with Crippen molar-refractivity contribution in [1.82, 2.24) is 4.90 Å².